The van der Waals surface area contributed by atoms with Gasteiger partial charge in [0, 0.05) is 13.1 Å². The van der Waals surface area contributed by atoms with Crippen molar-refractivity contribution in [1.82, 2.24) is 9.80 Å². The zero-order chi connectivity index (χ0) is 13.7. The third kappa shape index (κ3) is 4.18. The fraction of sp³-hybridized carbons (Fsp3) is 0.933. The minimum absolute atomic E-state index is 0.247. The summed E-state index contributed by atoms with van der Waals surface area (Å²) in [5.74, 6) is -0.0240. The summed E-state index contributed by atoms with van der Waals surface area (Å²) in [6.07, 6.45) is 7.09. The highest BCUT2D eigenvalue weighted by molar-refractivity contribution is 5.73. The number of hydrogen-bond donors (Lipinski definition) is 1. The molecule has 4 heteroatoms. The second-order valence-electron chi connectivity index (χ2n) is 6.09. The molecule has 0 spiro atoms. The molecule has 2 atom stereocenters. The summed E-state index contributed by atoms with van der Waals surface area (Å²) < 4.78 is 0. The first-order valence-corrected chi connectivity index (χ1v) is 7.90. The Hall–Kier alpha value is -0.610. The van der Waals surface area contributed by atoms with E-state index in [1.807, 2.05) is 0 Å². The summed E-state index contributed by atoms with van der Waals surface area (Å²) in [7, 11) is 0. The van der Waals surface area contributed by atoms with Crippen molar-refractivity contribution >= 4 is 5.97 Å². The van der Waals surface area contributed by atoms with E-state index in [1.54, 1.807) is 0 Å². The predicted molar refractivity (Wildman–Crippen MR) is 76.3 cm³/mol. The SMILES string of the molecule is CCC1CCN(CCN2CCCCC2)C(C(=O)O)C1. The Balaban J connectivity index is 1.81. The molecule has 2 unspecified atom stereocenters. The van der Waals surface area contributed by atoms with Crippen molar-refractivity contribution in [2.24, 2.45) is 5.92 Å². The van der Waals surface area contributed by atoms with Gasteiger partial charge in [0.05, 0.1) is 0 Å². The van der Waals surface area contributed by atoms with Gasteiger partial charge < -0.3 is 10.0 Å². The third-order valence-electron chi connectivity index (χ3n) is 4.84. The largest absolute Gasteiger partial charge is 0.480 e. The topological polar surface area (TPSA) is 43.8 Å². The van der Waals surface area contributed by atoms with E-state index in [0.717, 1.165) is 32.5 Å². The van der Waals surface area contributed by atoms with Crippen molar-refractivity contribution in [3.8, 4) is 0 Å². The number of rotatable bonds is 5. The quantitative estimate of drug-likeness (QED) is 0.829. The van der Waals surface area contributed by atoms with Crippen LogP contribution in [0.5, 0.6) is 0 Å². The molecule has 19 heavy (non-hydrogen) atoms. The maximum absolute atomic E-state index is 11.4. The molecule has 0 saturated carbocycles. The van der Waals surface area contributed by atoms with Crippen LogP contribution in [-0.4, -0.2) is 59.6 Å². The van der Waals surface area contributed by atoms with Crippen LogP contribution >= 0.6 is 0 Å². The lowest BCUT2D eigenvalue weighted by atomic mass is 9.89. The maximum Gasteiger partial charge on any atom is 0.320 e. The summed E-state index contributed by atoms with van der Waals surface area (Å²) in [5, 5.41) is 9.40. The van der Waals surface area contributed by atoms with E-state index >= 15 is 0 Å². The van der Waals surface area contributed by atoms with Gasteiger partial charge in [-0.25, -0.2) is 0 Å². The molecular formula is C15H28N2O2. The molecule has 2 aliphatic rings. The Bertz CT molecular complexity index is 290. The van der Waals surface area contributed by atoms with Crippen LogP contribution in [0.15, 0.2) is 0 Å². The van der Waals surface area contributed by atoms with Crippen LogP contribution < -0.4 is 0 Å². The summed E-state index contributed by atoms with van der Waals surface area (Å²) in [6.45, 7) is 7.50. The molecule has 4 nitrogen and oxygen atoms in total. The van der Waals surface area contributed by atoms with Gasteiger partial charge in [-0.15, -0.1) is 0 Å². The molecule has 0 aromatic rings. The first kappa shape index (κ1) is 14.8. The van der Waals surface area contributed by atoms with Crippen molar-refractivity contribution in [2.45, 2.75) is 51.5 Å². The van der Waals surface area contributed by atoms with Crippen LogP contribution in [0.2, 0.25) is 0 Å². The van der Waals surface area contributed by atoms with Crippen molar-refractivity contribution in [3.05, 3.63) is 0 Å². The molecule has 2 rings (SSSR count). The number of piperidine rings is 2. The van der Waals surface area contributed by atoms with E-state index in [0.29, 0.717) is 5.92 Å². The van der Waals surface area contributed by atoms with E-state index in [9.17, 15) is 9.90 Å². The van der Waals surface area contributed by atoms with Crippen LogP contribution in [0.4, 0.5) is 0 Å². The van der Waals surface area contributed by atoms with Gasteiger partial charge in [-0.05, 0) is 51.2 Å². The van der Waals surface area contributed by atoms with Crippen LogP contribution in [0.25, 0.3) is 0 Å². The standard InChI is InChI=1S/C15H28N2O2/c1-2-13-6-9-17(14(12-13)15(18)19)11-10-16-7-4-3-5-8-16/h13-14H,2-12H2,1H3,(H,18,19). The molecular weight excluding hydrogens is 240 g/mol. The second-order valence-corrected chi connectivity index (χ2v) is 6.09. The maximum atomic E-state index is 11.4. The summed E-state index contributed by atoms with van der Waals surface area (Å²) in [6, 6.07) is -0.247. The zero-order valence-electron chi connectivity index (χ0n) is 12.2. The average molecular weight is 268 g/mol. The lowest BCUT2D eigenvalue weighted by Crippen LogP contribution is -2.50. The monoisotopic (exact) mass is 268 g/mol. The van der Waals surface area contributed by atoms with Crippen molar-refractivity contribution in [1.29, 1.82) is 0 Å². The van der Waals surface area contributed by atoms with Gasteiger partial charge in [0.15, 0.2) is 0 Å². The van der Waals surface area contributed by atoms with E-state index in [4.69, 9.17) is 0 Å². The zero-order valence-corrected chi connectivity index (χ0v) is 12.2. The molecule has 0 bridgehead atoms. The molecule has 110 valence electrons. The van der Waals surface area contributed by atoms with Crippen LogP contribution in [0.1, 0.15) is 45.4 Å². The van der Waals surface area contributed by atoms with Crippen molar-refractivity contribution < 1.29 is 9.90 Å². The first-order chi connectivity index (χ1) is 9.20. The molecule has 1 N–H and O–H groups in total. The Morgan fingerprint density at radius 3 is 2.53 bits per heavy atom. The van der Waals surface area contributed by atoms with Gasteiger partial charge in [0.2, 0.25) is 0 Å². The van der Waals surface area contributed by atoms with Gasteiger partial charge in [-0.3, -0.25) is 9.69 Å². The summed E-state index contributed by atoms with van der Waals surface area (Å²) in [4.78, 5) is 16.1. The summed E-state index contributed by atoms with van der Waals surface area (Å²) >= 11 is 0. The number of hydrogen-bond acceptors (Lipinski definition) is 3. The minimum atomic E-state index is -0.628. The van der Waals surface area contributed by atoms with Crippen LogP contribution in [-0.2, 0) is 4.79 Å². The number of likely N-dealkylation sites (tertiary alicyclic amines) is 2. The fourth-order valence-corrected chi connectivity index (χ4v) is 3.44. The normalized spacial score (nSPS) is 30.4. The lowest BCUT2D eigenvalue weighted by molar-refractivity contribution is -0.145. The molecule has 2 saturated heterocycles. The van der Waals surface area contributed by atoms with Gasteiger partial charge in [0.1, 0.15) is 6.04 Å². The molecule has 2 heterocycles. The van der Waals surface area contributed by atoms with Gasteiger partial charge in [0.25, 0.3) is 0 Å². The van der Waals surface area contributed by atoms with E-state index in [-0.39, 0.29) is 6.04 Å². The second kappa shape index (κ2) is 7.25. The van der Waals surface area contributed by atoms with Gasteiger partial charge >= 0.3 is 5.97 Å². The smallest absolute Gasteiger partial charge is 0.320 e. The van der Waals surface area contributed by atoms with Crippen LogP contribution in [0.3, 0.4) is 0 Å². The lowest BCUT2D eigenvalue weighted by Gasteiger charge is -2.38. The van der Waals surface area contributed by atoms with Gasteiger partial charge in [-0.1, -0.05) is 19.8 Å². The molecule has 0 aromatic heterocycles. The van der Waals surface area contributed by atoms with Crippen molar-refractivity contribution in [2.75, 3.05) is 32.7 Å². The predicted octanol–water partition coefficient (Wildman–Crippen LogP) is 2.05. The summed E-state index contributed by atoms with van der Waals surface area (Å²) in [5.41, 5.74) is 0. The molecule has 0 aromatic carbocycles. The average Bonchev–Trinajstić information content (AvgIpc) is 2.46. The number of carboxylic acids is 1. The van der Waals surface area contributed by atoms with E-state index in [1.165, 1.54) is 38.8 Å². The highest BCUT2D eigenvalue weighted by atomic mass is 16.4. The Morgan fingerprint density at radius 1 is 1.16 bits per heavy atom. The number of nitrogens with zero attached hydrogens (tertiary/aromatic N) is 2. The highest BCUT2D eigenvalue weighted by Gasteiger charge is 2.32. The van der Waals surface area contributed by atoms with Crippen LogP contribution in [0, 0.1) is 5.92 Å². The first-order valence-electron chi connectivity index (χ1n) is 7.90. The number of aliphatic carboxylic acids is 1. The Kier molecular flexibility index (Phi) is 5.64. The molecule has 2 fully saturated rings. The van der Waals surface area contributed by atoms with E-state index in [2.05, 4.69) is 16.7 Å². The molecule has 2 aliphatic heterocycles. The highest BCUT2D eigenvalue weighted by Crippen LogP contribution is 2.25. The number of carboxylic acid groups (broad SMARTS) is 1. The minimum Gasteiger partial charge on any atom is -0.480 e. The Labute approximate surface area is 116 Å². The molecule has 0 radical (unpaired) electrons. The van der Waals surface area contributed by atoms with Gasteiger partial charge in [-0.2, -0.15) is 0 Å². The molecule has 0 aliphatic carbocycles. The Morgan fingerprint density at radius 2 is 1.89 bits per heavy atom. The third-order valence-corrected chi connectivity index (χ3v) is 4.84. The van der Waals surface area contributed by atoms with E-state index < -0.39 is 5.97 Å². The molecule has 0 amide bonds. The fourth-order valence-electron chi connectivity index (χ4n) is 3.44. The number of carbonyl (C=O) groups is 1. The van der Waals surface area contributed by atoms with Crippen molar-refractivity contribution in [3.63, 3.8) is 0 Å².